The van der Waals surface area contributed by atoms with Gasteiger partial charge < -0.3 is 4.90 Å². The summed E-state index contributed by atoms with van der Waals surface area (Å²) < 4.78 is 38.5. The summed E-state index contributed by atoms with van der Waals surface area (Å²) in [6.07, 6.45) is 4.17. The van der Waals surface area contributed by atoms with Gasteiger partial charge in [0.2, 0.25) is 15.9 Å². The number of hydrogen-bond donors (Lipinski definition) is 1. The average Bonchev–Trinajstić information content (AvgIpc) is 3.27. The minimum absolute atomic E-state index is 0.0316. The van der Waals surface area contributed by atoms with Gasteiger partial charge in [0.25, 0.3) is 0 Å². The molecule has 2 aliphatic rings. The first-order valence-corrected chi connectivity index (χ1v) is 9.72. The molecule has 126 valence electrons. The minimum Gasteiger partial charge on any atom is -0.340 e. The smallest absolute Gasteiger partial charge is 0.233 e. The number of nitrogens with one attached hydrogen (secondary N) is 1. The predicted octanol–water partition coefficient (Wildman–Crippen LogP) is 1.40. The lowest BCUT2D eigenvalue weighted by Crippen LogP contribution is -2.51. The summed E-state index contributed by atoms with van der Waals surface area (Å²) in [5, 5.41) is 0. The van der Waals surface area contributed by atoms with Crippen molar-refractivity contribution in [3.05, 3.63) is 35.6 Å². The number of rotatable bonds is 4. The summed E-state index contributed by atoms with van der Waals surface area (Å²) in [7, 11) is -3.28. The Hall–Kier alpha value is -1.47. The Morgan fingerprint density at radius 2 is 1.96 bits per heavy atom. The van der Waals surface area contributed by atoms with Crippen molar-refractivity contribution >= 4 is 15.9 Å². The van der Waals surface area contributed by atoms with Crippen molar-refractivity contribution in [2.45, 2.75) is 37.1 Å². The van der Waals surface area contributed by atoms with Gasteiger partial charge in [0, 0.05) is 19.1 Å². The number of halogens is 1. The van der Waals surface area contributed by atoms with Gasteiger partial charge in [0.1, 0.15) is 5.82 Å². The molecule has 1 aliphatic heterocycles. The standard InChI is InChI=1S/C16H21FN2O3S/c1-23(21,22)18-14-3-2-10-19(11-14)15(20)16(8-9-16)12-4-6-13(17)7-5-12/h4-7,14,18H,2-3,8-11H2,1H3/t14-/m1/s1. The highest BCUT2D eigenvalue weighted by Crippen LogP contribution is 2.49. The number of piperidine rings is 1. The van der Waals surface area contributed by atoms with Crippen LogP contribution in [0.2, 0.25) is 0 Å². The second-order valence-corrected chi connectivity index (χ2v) is 8.35. The number of carbonyl (C=O) groups is 1. The number of sulfonamides is 1. The summed E-state index contributed by atoms with van der Waals surface area (Å²) >= 11 is 0. The third kappa shape index (κ3) is 3.55. The van der Waals surface area contributed by atoms with Crippen LogP contribution in [0.15, 0.2) is 24.3 Å². The second-order valence-electron chi connectivity index (χ2n) is 6.57. The van der Waals surface area contributed by atoms with Crippen molar-refractivity contribution in [1.29, 1.82) is 0 Å². The maximum absolute atomic E-state index is 13.1. The maximum Gasteiger partial charge on any atom is 0.233 e. The van der Waals surface area contributed by atoms with Gasteiger partial charge >= 0.3 is 0 Å². The Balaban J connectivity index is 1.73. The first kappa shape index (κ1) is 16.4. The SMILES string of the molecule is CS(=O)(=O)N[C@@H]1CCCN(C(=O)C2(c3ccc(F)cc3)CC2)C1. The molecule has 0 aromatic heterocycles. The summed E-state index contributed by atoms with van der Waals surface area (Å²) in [6, 6.07) is 5.89. The fourth-order valence-electron chi connectivity index (χ4n) is 3.38. The molecule has 1 saturated heterocycles. The quantitative estimate of drug-likeness (QED) is 0.901. The Bertz CT molecular complexity index is 699. The number of hydrogen-bond acceptors (Lipinski definition) is 3. The Labute approximate surface area is 135 Å². The zero-order chi connectivity index (χ0) is 16.7. The third-order valence-corrected chi connectivity index (χ3v) is 5.41. The van der Waals surface area contributed by atoms with Crippen LogP contribution in [0.4, 0.5) is 4.39 Å². The van der Waals surface area contributed by atoms with E-state index in [9.17, 15) is 17.6 Å². The Morgan fingerprint density at radius 1 is 1.30 bits per heavy atom. The molecular formula is C16H21FN2O3S. The molecule has 0 spiro atoms. The van der Waals surface area contributed by atoms with Crippen LogP contribution in [0, 0.1) is 5.82 Å². The second kappa shape index (κ2) is 5.87. The first-order valence-electron chi connectivity index (χ1n) is 7.83. The van der Waals surface area contributed by atoms with Crippen LogP contribution in [-0.4, -0.2) is 44.6 Å². The van der Waals surface area contributed by atoms with Crippen LogP contribution < -0.4 is 4.72 Å². The number of benzene rings is 1. The van der Waals surface area contributed by atoms with E-state index in [1.54, 1.807) is 17.0 Å². The van der Waals surface area contributed by atoms with Crippen molar-refractivity contribution in [2.24, 2.45) is 0 Å². The monoisotopic (exact) mass is 340 g/mol. The van der Waals surface area contributed by atoms with E-state index in [4.69, 9.17) is 0 Å². The van der Waals surface area contributed by atoms with Crippen LogP contribution >= 0.6 is 0 Å². The Morgan fingerprint density at radius 3 is 2.52 bits per heavy atom. The lowest BCUT2D eigenvalue weighted by atomic mass is 9.93. The maximum atomic E-state index is 13.1. The summed E-state index contributed by atoms with van der Waals surface area (Å²) in [5.41, 5.74) is 0.308. The molecule has 23 heavy (non-hydrogen) atoms. The van der Waals surface area contributed by atoms with Gasteiger partial charge in [-0.2, -0.15) is 0 Å². The molecule has 5 nitrogen and oxygen atoms in total. The molecule has 1 aliphatic carbocycles. The molecule has 2 fully saturated rings. The number of nitrogens with zero attached hydrogens (tertiary/aromatic N) is 1. The first-order chi connectivity index (χ1) is 10.8. The van der Waals surface area contributed by atoms with Crippen LogP contribution in [0.1, 0.15) is 31.2 Å². The van der Waals surface area contributed by atoms with E-state index < -0.39 is 15.4 Å². The third-order valence-electron chi connectivity index (χ3n) is 4.65. The molecule has 1 saturated carbocycles. The molecular weight excluding hydrogens is 319 g/mol. The fourth-order valence-corrected chi connectivity index (χ4v) is 4.18. The van der Waals surface area contributed by atoms with Crippen molar-refractivity contribution in [3.8, 4) is 0 Å². The van der Waals surface area contributed by atoms with Gasteiger partial charge in [-0.1, -0.05) is 12.1 Å². The largest absolute Gasteiger partial charge is 0.340 e. The van der Waals surface area contributed by atoms with E-state index >= 15 is 0 Å². The van der Waals surface area contributed by atoms with Gasteiger partial charge in [-0.25, -0.2) is 17.5 Å². The molecule has 1 atom stereocenters. The van der Waals surface area contributed by atoms with Crippen molar-refractivity contribution in [1.82, 2.24) is 9.62 Å². The highest BCUT2D eigenvalue weighted by Gasteiger charge is 2.53. The molecule has 7 heteroatoms. The van der Waals surface area contributed by atoms with E-state index in [-0.39, 0.29) is 17.8 Å². The predicted molar refractivity (Wildman–Crippen MR) is 84.9 cm³/mol. The molecule has 0 radical (unpaired) electrons. The lowest BCUT2D eigenvalue weighted by Gasteiger charge is -2.35. The van der Waals surface area contributed by atoms with Gasteiger partial charge in [-0.3, -0.25) is 4.79 Å². The van der Waals surface area contributed by atoms with Crippen molar-refractivity contribution in [2.75, 3.05) is 19.3 Å². The minimum atomic E-state index is -3.28. The summed E-state index contributed by atoms with van der Waals surface area (Å²) in [6.45, 7) is 1.04. The normalized spacial score (nSPS) is 23.6. The molecule has 1 amide bonds. The Kier molecular flexibility index (Phi) is 4.18. The van der Waals surface area contributed by atoms with Gasteiger partial charge in [0.15, 0.2) is 0 Å². The van der Waals surface area contributed by atoms with E-state index in [1.165, 1.54) is 12.1 Å². The van der Waals surface area contributed by atoms with Crippen molar-refractivity contribution < 1.29 is 17.6 Å². The summed E-state index contributed by atoms with van der Waals surface area (Å²) in [5.74, 6) is -0.281. The molecule has 1 aromatic carbocycles. The molecule has 1 aromatic rings. The highest BCUT2D eigenvalue weighted by atomic mass is 32.2. The van der Waals surface area contributed by atoms with E-state index in [0.29, 0.717) is 13.1 Å². The lowest BCUT2D eigenvalue weighted by molar-refractivity contribution is -0.135. The molecule has 3 rings (SSSR count). The number of amides is 1. The molecule has 1 N–H and O–H groups in total. The molecule has 0 unspecified atom stereocenters. The topological polar surface area (TPSA) is 66.5 Å². The van der Waals surface area contributed by atoms with Crippen LogP contribution in [0.3, 0.4) is 0 Å². The number of likely N-dealkylation sites (tertiary alicyclic amines) is 1. The summed E-state index contributed by atoms with van der Waals surface area (Å²) in [4.78, 5) is 14.7. The zero-order valence-electron chi connectivity index (χ0n) is 13.1. The fraction of sp³-hybridized carbons (Fsp3) is 0.562. The average molecular weight is 340 g/mol. The molecule has 0 bridgehead atoms. The molecule has 1 heterocycles. The van der Waals surface area contributed by atoms with Gasteiger partial charge in [-0.05, 0) is 43.4 Å². The zero-order valence-corrected chi connectivity index (χ0v) is 13.9. The van der Waals surface area contributed by atoms with Gasteiger partial charge in [0.05, 0.1) is 11.7 Å². The van der Waals surface area contributed by atoms with Crippen LogP contribution in [0.5, 0.6) is 0 Å². The van der Waals surface area contributed by atoms with E-state index in [0.717, 1.165) is 37.5 Å². The van der Waals surface area contributed by atoms with Gasteiger partial charge in [-0.15, -0.1) is 0 Å². The van der Waals surface area contributed by atoms with E-state index in [2.05, 4.69) is 4.72 Å². The van der Waals surface area contributed by atoms with Crippen molar-refractivity contribution in [3.63, 3.8) is 0 Å². The van der Waals surface area contributed by atoms with Crippen LogP contribution in [0.25, 0.3) is 0 Å². The van der Waals surface area contributed by atoms with E-state index in [1.807, 2.05) is 0 Å². The number of carbonyl (C=O) groups excluding carboxylic acids is 1. The highest BCUT2D eigenvalue weighted by molar-refractivity contribution is 7.88. The van der Waals surface area contributed by atoms with Crippen LogP contribution in [-0.2, 0) is 20.2 Å².